The lowest BCUT2D eigenvalue weighted by atomic mass is 9.89. The van der Waals surface area contributed by atoms with Crippen LogP contribution >= 0.6 is 0 Å². The molecule has 2 heterocycles. The molecule has 1 aromatic rings. The normalized spacial score (nSPS) is 22.2. The zero-order valence-electron chi connectivity index (χ0n) is 14.6. The number of hydrogen-bond donors (Lipinski definition) is 2. The summed E-state index contributed by atoms with van der Waals surface area (Å²) in [5.74, 6) is 0.00292. The fourth-order valence-corrected chi connectivity index (χ4v) is 3.56. The summed E-state index contributed by atoms with van der Waals surface area (Å²) in [5, 5.41) is 3.18. The molecule has 0 unspecified atom stereocenters. The molecule has 0 spiro atoms. The van der Waals surface area contributed by atoms with E-state index in [1.54, 1.807) is 0 Å². The number of carbonyl (C=O) groups excluding carboxylic acids is 1. The average Bonchev–Trinajstić information content (AvgIpc) is 2.59. The molecule has 3 rings (SSSR count). The van der Waals surface area contributed by atoms with Crippen molar-refractivity contribution in [3.8, 4) is 0 Å². The molecule has 1 amide bonds. The van der Waals surface area contributed by atoms with Crippen LogP contribution in [-0.2, 0) is 16.1 Å². The molecule has 1 aromatic carbocycles. The maximum Gasteiger partial charge on any atom is 0.240 e. The van der Waals surface area contributed by atoms with Gasteiger partial charge in [-0.2, -0.15) is 0 Å². The second-order valence-electron chi connectivity index (χ2n) is 7.22. The summed E-state index contributed by atoms with van der Waals surface area (Å²) in [4.78, 5) is 15.0. The Kier molecular flexibility index (Phi) is 5.54. The van der Waals surface area contributed by atoms with E-state index < -0.39 is 5.54 Å². The molecule has 0 aromatic heterocycles. The van der Waals surface area contributed by atoms with Crippen molar-refractivity contribution in [3.05, 3.63) is 35.4 Å². The van der Waals surface area contributed by atoms with Crippen LogP contribution in [0.3, 0.4) is 0 Å². The second-order valence-corrected chi connectivity index (χ2v) is 7.22. The molecule has 2 saturated heterocycles. The Hall–Kier alpha value is -1.43. The Morgan fingerprint density at radius 1 is 1.29 bits per heavy atom. The number of piperidine rings is 1. The Morgan fingerprint density at radius 3 is 2.62 bits per heavy atom. The Labute approximate surface area is 144 Å². The number of nitrogens with two attached hydrogens (primary N) is 1. The highest BCUT2D eigenvalue weighted by Gasteiger charge is 2.37. The number of nitrogens with one attached hydrogen (secondary N) is 1. The smallest absolute Gasteiger partial charge is 0.240 e. The second kappa shape index (κ2) is 7.64. The number of carbonyl (C=O) groups is 1. The number of ether oxygens (including phenoxy) is 1. The third kappa shape index (κ3) is 4.15. The summed E-state index contributed by atoms with van der Waals surface area (Å²) >= 11 is 0. The quantitative estimate of drug-likeness (QED) is 0.879. The van der Waals surface area contributed by atoms with Gasteiger partial charge in [-0.05, 0) is 43.7 Å². The highest BCUT2D eigenvalue weighted by Crippen LogP contribution is 2.20. The van der Waals surface area contributed by atoms with E-state index in [2.05, 4.69) is 41.4 Å². The van der Waals surface area contributed by atoms with Crippen LogP contribution < -0.4 is 11.1 Å². The molecule has 0 radical (unpaired) electrons. The molecular weight excluding hydrogens is 302 g/mol. The highest BCUT2D eigenvalue weighted by molar-refractivity contribution is 5.86. The van der Waals surface area contributed by atoms with Crippen LogP contribution in [0.1, 0.15) is 36.8 Å². The first kappa shape index (κ1) is 17.4. The number of hydrogen-bond acceptors (Lipinski definition) is 4. The number of amides is 1. The van der Waals surface area contributed by atoms with Crippen molar-refractivity contribution >= 4 is 5.91 Å². The Morgan fingerprint density at radius 2 is 1.96 bits per heavy atom. The van der Waals surface area contributed by atoms with Crippen molar-refractivity contribution < 1.29 is 9.53 Å². The fraction of sp³-hybridized carbons (Fsp3) is 0.632. The lowest BCUT2D eigenvalue weighted by Crippen LogP contribution is -2.59. The van der Waals surface area contributed by atoms with Crippen molar-refractivity contribution in [1.29, 1.82) is 0 Å². The van der Waals surface area contributed by atoms with Crippen LogP contribution in [0.2, 0.25) is 0 Å². The lowest BCUT2D eigenvalue weighted by molar-refractivity contribution is -0.130. The summed E-state index contributed by atoms with van der Waals surface area (Å²) in [5.41, 5.74) is 8.26. The summed E-state index contributed by atoms with van der Waals surface area (Å²) in [6.45, 7) is 6.35. The molecule has 0 atom stereocenters. The van der Waals surface area contributed by atoms with E-state index in [0.717, 1.165) is 32.5 Å². The minimum absolute atomic E-state index is 0.00292. The maximum atomic E-state index is 12.5. The monoisotopic (exact) mass is 331 g/mol. The third-order valence-electron chi connectivity index (χ3n) is 5.42. The summed E-state index contributed by atoms with van der Waals surface area (Å²) in [7, 11) is 0. The summed E-state index contributed by atoms with van der Waals surface area (Å²) < 4.78 is 5.32. The first-order valence-electron chi connectivity index (χ1n) is 9.01. The van der Waals surface area contributed by atoms with Gasteiger partial charge in [0.05, 0.1) is 5.54 Å². The van der Waals surface area contributed by atoms with E-state index >= 15 is 0 Å². The molecule has 2 aliphatic rings. The minimum atomic E-state index is -0.740. The van der Waals surface area contributed by atoms with Gasteiger partial charge in [0, 0.05) is 38.9 Å². The number of aryl methyl sites for hydroxylation is 1. The standard InChI is InChI=1S/C19H29N3O2/c1-15-4-2-3-5-16(15)14-22-10-6-17(7-11-22)21-18(23)19(20)8-12-24-13-9-19/h2-5,17H,6-14,20H2,1H3,(H,21,23). The van der Waals surface area contributed by atoms with Gasteiger partial charge in [0.1, 0.15) is 0 Å². The van der Waals surface area contributed by atoms with E-state index in [0.29, 0.717) is 26.1 Å². The van der Waals surface area contributed by atoms with E-state index in [4.69, 9.17) is 10.5 Å². The first-order chi connectivity index (χ1) is 11.6. The number of likely N-dealkylation sites (tertiary alicyclic amines) is 1. The zero-order valence-corrected chi connectivity index (χ0v) is 14.6. The van der Waals surface area contributed by atoms with Crippen LogP contribution in [0.25, 0.3) is 0 Å². The predicted molar refractivity (Wildman–Crippen MR) is 94.6 cm³/mol. The van der Waals surface area contributed by atoms with Crippen molar-refractivity contribution in [2.45, 2.75) is 50.7 Å². The van der Waals surface area contributed by atoms with Gasteiger partial charge >= 0.3 is 0 Å². The summed E-state index contributed by atoms with van der Waals surface area (Å²) in [6.07, 6.45) is 3.21. The van der Waals surface area contributed by atoms with Gasteiger partial charge in [-0.1, -0.05) is 24.3 Å². The zero-order chi connectivity index (χ0) is 17.0. The van der Waals surface area contributed by atoms with Gasteiger partial charge in [0.2, 0.25) is 5.91 Å². The molecule has 132 valence electrons. The number of benzene rings is 1. The molecule has 5 heteroatoms. The van der Waals surface area contributed by atoms with Crippen molar-refractivity contribution in [2.75, 3.05) is 26.3 Å². The van der Waals surface area contributed by atoms with Crippen molar-refractivity contribution in [2.24, 2.45) is 5.73 Å². The summed E-state index contributed by atoms with van der Waals surface area (Å²) in [6, 6.07) is 8.79. The van der Waals surface area contributed by atoms with Gasteiger partial charge < -0.3 is 15.8 Å². The van der Waals surface area contributed by atoms with Crippen LogP contribution in [0.5, 0.6) is 0 Å². The lowest BCUT2D eigenvalue weighted by Gasteiger charge is -2.36. The largest absolute Gasteiger partial charge is 0.381 e. The highest BCUT2D eigenvalue weighted by atomic mass is 16.5. The molecule has 0 aliphatic carbocycles. The first-order valence-corrected chi connectivity index (χ1v) is 9.01. The molecule has 2 fully saturated rings. The number of nitrogens with zero attached hydrogens (tertiary/aromatic N) is 1. The molecule has 24 heavy (non-hydrogen) atoms. The molecule has 2 aliphatic heterocycles. The molecule has 3 N–H and O–H groups in total. The average molecular weight is 331 g/mol. The fourth-order valence-electron chi connectivity index (χ4n) is 3.56. The van der Waals surface area contributed by atoms with Gasteiger partial charge in [-0.3, -0.25) is 9.69 Å². The van der Waals surface area contributed by atoms with Crippen molar-refractivity contribution in [1.82, 2.24) is 10.2 Å². The van der Waals surface area contributed by atoms with E-state index in [1.807, 2.05) is 0 Å². The van der Waals surface area contributed by atoms with Crippen molar-refractivity contribution in [3.63, 3.8) is 0 Å². The van der Waals surface area contributed by atoms with Gasteiger partial charge in [-0.25, -0.2) is 0 Å². The van der Waals surface area contributed by atoms with Gasteiger partial charge in [0.15, 0.2) is 0 Å². The van der Waals surface area contributed by atoms with Crippen LogP contribution in [-0.4, -0.2) is 48.7 Å². The van der Waals surface area contributed by atoms with E-state index in [1.165, 1.54) is 11.1 Å². The number of rotatable bonds is 4. The van der Waals surface area contributed by atoms with Crippen LogP contribution in [0.15, 0.2) is 24.3 Å². The van der Waals surface area contributed by atoms with Crippen LogP contribution in [0.4, 0.5) is 0 Å². The molecule has 5 nitrogen and oxygen atoms in total. The van der Waals surface area contributed by atoms with Gasteiger partial charge in [0.25, 0.3) is 0 Å². The van der Waals surface area contributed by atoms with E-state index in [-0.39, 0.29) is 11.9 Å². The van der Waals surface area contributed by atoms with E-state index in [9.17, 15) is 4.79 Å². The topological polar surface area (TPSA) is 67.6 Å². The molecule has 0 bridgehead atoms. The Bertz CT molecular complexity index is 561. The predicted octanol–water partition coefficient (Wildman–Crippen LogP) is 1.58. The SMILES string of the molecule is Cc1ccccc1CN1CCC(NC(=O)C2(N)CCOCC2)CC1. The molecule has 0 saturated carbocycles. The maximum absolute atomic E-state index is 12.5. The minimum Gasteiger partial charge on any atom is -0.381 e. The third-order valence-corrected chi connectivity index (χ3v) is 5.42. The van der Waals surface area contributed by atoms with Crippen LogP contribution in [0, 0.1) is 6.92 Å². The Balaban J connectivity index is 1.47. The van der Waals surface area contributed by atoms with Gasteiger partial charge in [-0.15, -0.1) is 0 Å². The molecular formula is C19H29N3O2.